The molecule has 0 bridgehead atoms. The highest BCUT2D eigenvalue weighted by molar-refractivity contribution is 5.90. The minimum Gasteiger partial charge on any atom is -0.484 e. The Morgan fingerprint density at radius 2 is 1.83 bits per heavy atom. The summed E-state index contributed by atoms with van der Waals surface area (Å²) in [5.41, 5.74) is 0.554. The fourth-order valence-electron chi connectivity index (χ4n) is 2.36. The molecule has 1 heterocycles. The SMILES string of the molecule is Cl.O=C(CC1CCNCC1)Nc1ccc(OCC(F)(F)F)cc1. The fourth-order valence-corrected chi connectivity index (χ4v) is 2.36. The Labute approximate surface area is 139 Å². The summed E-state index contributed by atoms with van der Waals surface area (Å²) in [4.78, 5) is 11.9. The van der Waals surface area contributed by atoms with Gasteiger partial charge < -0.3 is 15.4 Å². The van der Waals surface area contributed by atoms with Crippen molar-refractivity contribution in [1.29, 1.82) is 0 Å². The number of hydrogen-bond donors (Lipinski definition) is 2. The van der Waals surface area contributed by atoms with Crippen molar-refractivity contribution in [3.05, 3.63) is 24.3 Å². The zero-order valence-corrected chi connectivity index (χ0v) is 13.3. The Hall–Kier alpha value is -1.47. The van der Waals surface area contributed by atoms with Crippen LogP contribution >= 0.6 is 12.4 Å². The number of nitrogens with one attached hydrogen (secondary N) is 2. The van der Waals surface area contributed by atoms with Crippen LogP contribution in [-0.2, 0) is 4.79 Å². The highest BCUT2D eigenvalue weighted by Crippen LogP contribution is 2.21. The van der Waals surface area contributed by atoms with Crippen molar-refractivity contribution >= 4 is 24.0 Å². The van der Waals surface area contributed by atoms with Crippen molar-refractivity contribution in [2.75, 3.05) is 25.0 Å². The van der Waals surface area contributed by atoms with E-state index in [1.165, 1.54) is 24.3 Å². The fraction of sp³-hybridized carbons (Fsp3) is 0.533. The molecule has 130 valence electrons. The van der Waals surface area contributed by atoms with E-state index in [1.807, 2.05) is 0 Å². The summed E-state index contributed by atoms with van der Waals surface area (Å²) in [6.45, 7) is 0.542. The van der Waals surface area contributed by atoms with Gasteiger partial charge in [-0.1, -0.05) is 0 Å². The van der Waals surface area contributed by atoms with Gasteiger partial charge in [0.1, 0.15) is 5.75 Å². The maximum Gasteiger partial charge on any atom is 0.422 e. The monoisotopic (exact) mass is 352 g/mol. The van der Waals surface area contributed by atoms with Crippen LogP contribution in [0.5, 0.6) is 5.75 Å². The molecule has 1 saturated heterocycles. The molecule has 0 aromatic heterocycles. The Kier molecular flexibility index (Phi) is 7.64. The van der Waals surface area contributed by atoms with Crippen molar-refractivity contribution < 1.29 is 22.7 Å². The van der Waals surface area contributed by atoms with Crippen LogP contribution in [0.4, 0.5) is 18.9 Å². The zero-order chi connectivity index (χ0) is 16.0. The molecule has 1 amide bonds. The van der Waals surface area contributed by atoms with Crippen LogP contribution in [0.15, 0.2) is 24.3 Å². The van der Waals surface area contributed by atoms with Crippen molar-refractivity contribution in [2.45, 2.75) is 25.4 Å². The Morgan fingerprint density at radius 1 is 1.22 bits per heavy atom. The average Bonchev–Trinajstić information content (AvgIpc) is 2.47. The summed E-state index contributed by atoms with van der Waals surface area (Å²) in [5.74, 6) is 0.431. The zero-order valence-electron chi connectivity index (χ0n) is 12.5. The van der Waals surface area contributed by atoms with Gasteiger partial charge in [-0.05, 0) is 56.1 Å². The highest BCUT2D eigenvalue weighted by Gasteiger charge is 2.28. The lowest BCUT2D eigenvalue weighted by molar-refractivity contribution is -0.153. The number of carbonyl (C=O) groups is 1. The van der Waals surface area contributed by atoms with Crippen molar-refractivity contribution in [2.24, 2.45) is 5.92 Å². The van der Waals surface area contributed by atoms with Gasteiger partial charge in [-0.2, -0.15) is 13.2 Å². The summed E-state index contributed by atoms with van der Waals surface area (Å²) in [6.07, 6.45) is -1.93. The van der Waals surface area contributed by atoms with Gasteiger partial charge in [-0.15, -0.1) is 12.4 Å². The molecule has 0 spiro atoms. The molecule has 0 unspecified atom stereocenters. The molecule has 23 heavy (non-hydrogen) atoms. The molecule has 1 aromatic carbocycles. The topological polar surface area (TPSA) is 50.4 Å². The number of anilines is 1. The third kappa shape index (κ3) is 7.56. The quantitative estimate of drug-likeness (QED) is 0.854. The third-order valence-electron chi connectivity index (χ3n) is 3.47. The van der Waals surface area contributed by atoms with E-state index in [0.29, 0.717) is 18.0 Å². The van der Waals surface area contributed by atoms with E-state index in [4.69, 9.17) is 0 Å². The standard InChI is InChI=1S/C15H19F3N2O2.ClH/c16-15(17,18)10-22-13-3-1-12(2-4-13)20-14(21)9-11-5-7-19-8-6-11;/h1-4,11,19H,5-10H2,(H,20,21);1H. The van der Waals surface area contributed by atoms with Crippen LogP contribution in [0.25, 0.3) is 0 Å². The Morgan fingerprint density at radius 3 is 2.39 bits per heavy atom. The Balaban J connectivity index is 0.00000264. The van der Waals surface area contributed by atoms with Crippen LogP contribution in [0.1, 0.15) is 19.3 Å². The van der Waals surface area contributed by atoms with Gasteiger partial charge in [-0.3, -0.25) is 4.79 Å². The normalized spacial score (nSPS) is 15.6. The first-order valence-corrected chi connectivity index (χ1v) is 7.22. The molecular formula is C15H20ClF3N2O2. The van der Waals surface area contributed by atoms with Gasteiger partial charge in [0.25, 0.3) is 0 Å². The number of halogens is 4. The first-order valence-electron chi connectivity index (χ1n) is 7.22. The Bertz CT molecular complexity index is 488. The highest BCUT2D eigenvalue weighted by atomic mass is 35.5. The number of piperidine rings is 1. The second-order valence-corrected chi connectivity index (χ2v) is 5.37. The molecule has 2 N–H and O–H groups in total. The molecule has 0 radical (unpaired) electrons. The second kappa shape index (κ2) is 8.98. The minimum atomic E-state index is -4.36. The van der Waals surface area contributed by atoms with Gasteiger partial charge in [0.15, 0.2) is 6.61 Å². The first kappa shape index (κ1) is 19.6. The van der Waals surface area contributed by atoms with E-state index in [1.54, 1.807) is 0 Å². The van der Waals surface area contributed by atoms with E-state index in [-0.39, 0.29) is 24.1 Å². The predicted octanol–water partition coefficient (Wildman–Crippen LogP) is 3.38. The van der Waals surface area contributed by atoms with E-state index >= 15 is 0 Å². The van der Waals surface area contributed by atoms with E-state index in [0.717, 1.165) is 25.9 Å². The van der Waals surface area contributed by atoms with Crippen LogP contribution in [-0.4, -0.2) is 31.8 Å². The van der Waals surface area contributed by atoms with Crippen LogP contribution in [0, 0.1) is 5.92 Å². The number of rotatable bonds is 5. The van der Waals surface area contributed by atoms with Gasteiger partial charge in [-0.25, -0.2) is 0 Å². The summed E-state index contributed by atoms with van der Waals surface area (Å²) in [6, 6.07) is 5.88. The predicted molar refractivity (Wildman–Crippen MR) is 84.1 cm³/mol. The number of carbonyl (C=O) groups excluding carboxylic acids is 1. The summed E-state index contributed by atoms with van der Waals surface area (Å²) >= 11 is 0. The number of benzene rings is 1. The molecule has 8 heteroatoms. The molecule has 4 nitrogen and oxygen atoms in total. The maximum atomic E-state index is 12.0. The third-order valence-corrected chi connectivity index (χ3v) is 3.47. The minimum absolute atomic E-state index is 0. The van der Waals surface area contributed by atoms with E-state index in [2.05, 4.69) is 15.4 Å². The molecule has 1 fully saturated rings. The summed E-state index contributed by atoms with van der Waals surface area (Å²) in [7, 11) is 0. The molecular weight excluding hydrogens is 333 g/mol. The number of ether oxygens (including phenoxy) is 1. The summed E-state index contributed by atoms with van der Waals surface area (Å²) < 4.78 is 40.7. The lowest BCUT2D eigenvalue weighted by atomic mass is 9.94. The number of amides is 1. The van der Waals surface area contributed by atoms with Gasteiger partial charge >= 0.3 is 6.18 Å². The first-order chi connectivity index (χ1) is 10.4. The van der Waals surface area contributed by atoms with Gasteiger partial charge in [0, 0.05) is 12.1 Å². The van der Waals surface area contributed by atoms with E-state index in [9.17, 15) is 18.0 Å². The van der Waals surface area contributed by atoms with Gasteiger partial charge in [0.05, 0.1) is 0 Å². The van der Waals surface area contributed by atoms with Crippen LogP contribution in [0.2, 0.25) is 0 Å². The molecule has 0 aliphatic carbocycles. The van der Waals surface area contributed by atoms with Crippen LogP contribution < -0.4 is 15.4 Å². The van der Waals surface area contributed by atoms with Crippen LogP contribution in [0.3, 0.4) is 0 Å². The molecule has 2 rings (SSSR count). The summed E-state index contributed by atoms with van der Waals surface area (Å²) in [5, 5.41) is 5.99. The average molecular weight is 353 g/mol. The molecule has 0 atom stereocenters. The molecule has 1 aliphatic rings. The smallest absolute Gasteiger partial charge is 0.422 e. The lowest BCUT2D eigenvalue weighted by Gasteiger charge is -2.21. The van der Waals surface area contributed by atoms with Crippen molar-refractivity contribution in [3.8, 4) is 5.75 Å². The largest absolute Gasteiger partial charge is 0.484 e. The second-order valence-electron chi connectivity index (χ2n) is 5.37. The van der Waals surface area contributed by atoms with Gasteiger partial charge in [0.2, 0.25) is 5.91 Å². The van der Waals surface area contributed by atoms with E-state index < -0.39 is 12.8 Å². The van der Waals surface area contributed by atoms with Crippen molar-refractivity contribution in [1.82, 2.24) is 5.32 Å². The lowest BCUT2D eigenvalue weighted by Crippen LogP contribution is -2.30. The number of alkyl halides is 3. The maximum absolute atomic E-state index is 12.0. The van der Waals surface area contributed by atoms with Crippen molar-refractivity contribution in [3.63, 3.8) is 0 Å². The molecule has 0 saturated carbocycles. The number of hydrogen-bond acceptors (Lipinski definition) is 3. The molecule has 1 aliphatic heterocycles. The molecule has 1 aromatic rings.